The molecule has 4 aromatic rings. The van der Waals surface area contributed by atoms with Crippen molar-refractivity contribution >= 4 is 27.4 Å². The van der Waals surface area contributed by atoms with Crippen LogP contribution in [0.4, 0.5) is 13.2 Å². The first-order chi connectivity index (χ1) is 22.6. The van der Waals surface area contributed by atoms with Crippen LogP contribution in [0.3, 0.4) is 0 Å². The lowest BCUT2D eigenvalue weighted by Gasteiger charge is -2.51. The number of nitrogens with zero attached hydrogens (tertiary/aromatic N) is 8. The van der Waals surface area contributed by atoms with Crippen molar-refractivity contribution in [2.75, 3.05) is 0 Å². The van der Waals surface area contributed by atoms with E-state index in [1.807, 2.05) is 18.2 Å². The van der Waals surface area contributed by atoms with Crippen LogP contribution in [0, 0.1) is 11.4 Å². The van der Waals surface area contributed by atoms with Gasteiger partial charge in [0.25, 0.3) is 5.92 Å². The zero-order valence-corrected chi connectivity index (χ0v) is 28.1. The largest absolute Gasteiger partial charge is 0.291 e. The molecule has 0 aliphatic heterocycles. The number of carbonyl (C=O) groups excluding carboxylic acids is 1. The van der Waals surface area contributed by atoms with E-state index < -0.39 is 51.9 Å². The standard InChI is InChI=1S/C34H37F3N8O2S/c1-32(2,3)22-10-11-38-27(12-22)30(46)33-14-21-18-41-44(25-8-9-29(35)39-19-25)28(21)13-23(33)6-7-24(15-33)45(26-16-34(36,37)17-26)48(5,47)31-40-20-43(4)42-31/h8-13,18-20,24,26H,5-7,14-17H2,1-4H3/t24-,33-,48?/m0/s1. The molecule has 0 amide bonds. The third-order valence-electron chi connectivity index (χ3n) is 9.88. The molecular formula is C34H37F3N8O2S. The first-order valence-corrected chi connectivity index (χ1v) is 17.6. The van der Waals surface area contributed by atoms with Crippen molar-refractivity contribution in [3.8, 4) is 5.69 Å². The predicted molar refractivity (Wildman–Crippen MR) is 175 cm³/mol. The van der Waals surface area contributed by atoms with Gasteiger partial charge in [-0.05, 0) is 78.4 Å². The van der Waals surface area contributed by atoms with Crippen LogP contribution in [0.2, 0.25) is 0 Å². The molecule has 252 valence electrons. The van der Waals surface area contributed by atoms with Gasteiger partial charge in [-0.25, -0.2) is 31.9 Å². The number of aromatic nitrogens is 7. The third kappa shape index (κ3) is 5.48. The van der Waals surface area contributed by atoms with Gasteiger partial charge in [-0.15, -0.1) is 5.10 Å². The average Bonchev–Trinajstić information content (AvgIpc) is 3.65. The minimum atomic E-state index is -3.41. The van der Waals surface area contributed by atoms with Crippen LogP contribution in [-0.2, 0) is 28.6 Å². The number of pyridine rings is 2. The van der Waals surface area contributed by atoms with Gasteiger partial charge in [0.1, 0.15) is 12.0 Å². The van der Waals surface area contributed by atoms with E-state index in [1.165, 1.54) is 23.3 Å². The number of halogens is 3. The molecule has 48 heavy (non-hydrogen) atoms. The Hall–Kier alpha value is -4.17. The summed E-state index contributed by atoms with van der Waals surface area (Å²) in [7, 11) is -1.77. The van der Waals surface area contributed by atoms with Crippen LogP contribution in [0.1, 0.15) is 80.2 Å². The lowest BCUT2D eigenvalue weighted by Crippen LogP contribution is -2.59. The minimum absolute atomic E-state index is 0.0263. The molecule has 0 N–H and O–H groups in total. The normalized spacial score (nSPS) is 23.5. The van der Waals surface area contributed by atoms with Gasteiger partial charge in [0.15, 0.2) is 5.78 Å². The Bertz CT molecular complexity index is 2040. The van der Waals surface area contributed by atoms with E-state index in [0.29, 0.717) is 24.2 Å². The van der Waals surface area contributed by atoms with Crippen molar-refractivity contribution in [1.29, 1.82) is 0 Å². The highest BCUT2D eigenvalue weighted by Crippen LogP contribution is 2.53. The van der Waals surface area contributed by atoms with E-state index in [9.17, 15) is 22.2 Å². The second-order valence-electron chi connectivity index (χ2n) is 14.3. The Morgan fingerprint density at radius 2 is 1.85 bits per heavy atom. The summed E-state index contributed by atoms with van der Waals surface area (Å²) in [5.74, 6) is 0.349. The topological polar surface area (TPSA) is 112 Å². The lowest BCUT2D eigenvalue weighted by atomic mass is 9.60. The van der Waals surface area contributed by atoms with Crippen molar-refractivity contribution < 1.29 is 22.2 Å². The number of ketones is 1. The average molecular weight is 679 g/mol. The maximum atomic E-state index is 15.0. The maximum Gasteiger partial charge on any atom is 0.251 e. The van der Waals surface area contributed by atoms with E-state index in [-0.39, 0.29) is 29.2 Å². The van der Waals surface area contributed by atoms with Crippen LogP contribution in [0.25, 0.3) is 11.8 Å². The molecule has 4 aromatic heterocycles. The molecule has 0 spiro atoms. The second-order valence-corrected chi connectivity index (χ2v) is 16.3. The van der Waals surface area contributed by atoms with Gasteiger partial charge >= 0.3 is 0 Å². The summed E-state index contributed by atoms with van der Waals surface area (Å²) in [6.45, 7) is 6.18. The number of fused-ring (bicyclic) bond motifs is 2. The van der Waals surface area contributed by atoms with Gasteiger partial charge in [-0.3, -0.25) is 14.5 Å². The van der Waals surface area contributed by atoms with E-state index in [1.54, 1.807) is 34.5 Å². The molecule has 14 heteroatoms. The summed E-state index contributed by atoms with van der Waals surface area (Å²) in [5.41, 5.74) is 2.83. The summed E-state index contributed by atoms with van der Waals surface area (Å²) < 4.78 is 61.6. The fraction of sp³-hybridized carbons (Fsp3) is 0.441. The highest BCUT2D eigenvalue weighted by molar-refractivity contribution is 7.98. The SMILES string of the molecule is C=S(=O)(c1ncn(C)n1)N(C1CC(F)(F)C1)[C@H]1CCC2=Cc3c(cnn3-c3ccc(F)nc3)C[C@]2(C(=O)c2cc(C(C)(C)C)ccn2)C1. The molecule has 0 radical (unpaired) electrons. The van der Waals surface area contributed by atoms with Crippen molar-refractivity contribution in [2.24, 2.45) is 12.5 Å². The molecule has 3 aliphatic carbocycles. The quantitative estimate of drug-likeness (QED) is 0.147. The number of alkyl halides is 2. The highest BCUT2D eigenvalue weighted by atomic mass is 32.2. The van der Waals surface area contributed by atoms with E-state index >= 15 is 0 Å². The molecule has 2 saturated carbocycles. The second kappa shape index (κ2) is 11.2. The molecule has 2 fully saturated rings. The maximum absolute atomic E-state index is 15.0. The number of hydrogen-bond donors (Lipinski definition) is 0. The van der Waals surface area contributed by atoms with Gasteiger partial charge in [-0.1, -0.05) is 26.3 Å². The van der Waals surface area contributed by atoms with Crippen LogP contribution in [-0.4, -0.2) is 72.7 Å². The number of carbonyl (C=O) groups is 1. The highest BCUT2D eigenvalue weighted by Gasteiger charge is 2.56. The molecule has 7 rings (SSSR count). The molecule has 10 nitrogen and oxygen atoms in total. The van der Waals surface area contributed by atoms with Gasteiger partial charge in [0.2, 0.25) is 11.1 Å². The van der Waals surface area contributed by atoms with Gasteiger partial charge < -0.3 is 0 Å². The Morgan fingerprint density at radius 3 is 2.50 bits per heavy atom. The van der Waals surface area contributed by atoms with Crippen molar-refractivity contribution in [3.63, 3.8) is 0 Å². The molecule has 0 bridgehead atoms. The van der Waals surface area contributed by atoms with Gasteiger partial charge in [0.05, 0.1) is 38.9 Å². The number of aryl methyl sites for hydroxylation is 1. The van der Waals surface area contributed by atoms with Crippen molar-refractivity contribution in [1.82, 2.24) is 38.8 Å². The van der Waals surface area contributed by atoms with Crippen molar-refractivity contribution in [2.45, 2.75) is 87.9 Å². The first kappa shape index (κ1) is 32.4. The summed E-state index contributed by atoms with van der Waals surface area (Å²) in [5, 5.41) is 8.82. The van der Waals surface area contributed by atoms with Gasteiger partial charge in [-0.2, -0.15) is 9.49 Å². The van der Waals surface area contributed by atoms with Crippen molar-refractivity contribution in [3.05, 3.63) is 83.2 Å². The zero-order chi connectivity index (χ0) is 34.2. The predicted octanol–water partition coefficient (Wildman–Crippen LogP) is 5.38. The number of hydrogen-bond acceptors (Lipinski definition) is 7. The third-order valence-corrected chi connectivity index (χ3v) is 11.9. The lowest BCUT2D eigenvalue weighted by molar-refractivity contribution is -0.115. The Balaban J connectivity index is 1.34. The Kier molecular flexibility index (Phi) is 7.55. The van der Waals surface area contributed by atoms with E-state index in [2.05, 4.69) is 51.8 Å². The van der Waals surface area contributed by atoms with E-state index in [4.69, 9.17) is 0 Å². The fourth-order valence-electron chi connectivity index (χ4n) is 7.42. The van der Waals surface area contributed by atoms with Crippen LogP contribution >= 0.6 is 0 Å². The number of Topliss-reactive ketones (excluding diaryl/α,β-unsaturated/α-hetero) is 1. The summed E-state index contributed by atoms with van der Waals surface area (Å²) in [4.78, 5) is 27.5. The minimum Gasteiger partial charge on any atom is -0.291 e. The molecule has 3 aliphatic rings. The summed E-state index contributed by atoms with van der Waals surface area (Å²) >= 11 is 0. The van der Waals surface area contributed by atoms with Crippen LogP contribution in [0.15, 0.2) is 59.9 Å². The van der Waals surface area contributed by atoms with Crippen LogP contribution < -0.4 is 0 Å². The molecule has 4 heterocycles. The summed E-state index contributed by atoms with van der Waals surface area (Å²) in [6.07, 6.45) is 8.48. The molecule has 1 unspecified atom stereocenters. The zero-order valence-electron chi connectivity index (χ0n) is 27.2. The Labute approximate surface area is 277 Å². The Morgan fingerprint density at radius 1 is 1.08 bits per heavy atom. The van der Waals surface area contributed by atoms with Crippen LogP contribution in [0.5, 0.6) is 0 Å². The summed E-state index contributed by atoms with van der Waals surface area (Å²) in [6, 6.07) is 5.29. The molecule has 3 atom stereocenters. The molecule has 0 saturated heterocycles. The molecular weight excluding hydrogens is 641 g/mol. The molecule has 0 aromatic carbocycles. The first-order valence-electron chi connectivity index (χ1n) is 15.9. The monoisotopic (exact) mass is 678 g/mol. The van der Waals surface area contributed by atoms with Gasteiger partial charge in [0, 0.05) is 38.2 Å². The van der Waals surface area contributed by atoms with E-state index in [0.717, 1.165) is 22.4 Å². The smallest absolute Gasteiger partial charge is 0.251 e. The number of allylic oxidation sites excluding steroid dienone is 1. The number of rotatable bonds is 7. The fourth-order valence-corrected chi connectivity index (χ4v) is 9.36.